The third-order valence-corrected chi connectivity index (χ3v) is 8.13. The fourth-order valence-corrected chi connectivity index (χ4v) is 5.54. The van der Waals surface area contributed by atoms with Gasteiger partial charge in [-0.05, 0) is 67.5 Å². The Labute approximate surface area is 235 Å². The van der Waals surface area contributed by atoms with Crippen molar-refractivity contribution < 1.29 is 23.0 Å². The average molecular weight is 576 g/mol. The molecule has 214 valence electrons. The Morgan fingerprint density at radius 2 is 1.77 bits per heavy atom. The van der Waals surface area contributed by atoms with Crippen molar-refractivity contribution in [3.8, 4) is 11.5 Å². The largest absolute Gasteiger partial charge is 0.492 e. The summed E-state index contributed by atoms with van der Waals surface area (Å²) in [6, 6.07) is 9.46. The standard InChI is InChI=1S/C29H32ClF2N3O5/c30-25-12-20(4-7-27(25)39-17-19-2-1-3-19)16-34-28(37)24-13-22(40-23(14-31)15-32)5-6-26(24)35(29(34)38)21-8-10-33(18-36)11-9-21/h4-7,12-13,18-19,21,23H,1-3,8-11,14-17H2. The van der Waals surface area contributed by atoms with E-state index in [1.54, 1.807) is 33.7 Å². The van der Waals surface area contributed by atoms with Gasteiger partial charge in [0.1, 0.15) is 24.8 Å². The molecule has 1 amide bonds. The van der Waals surface area contributed by atoms with Crippen molar-refractivity contribution in [1.29, 1.82) is 0 Å². The zero-order valence-corrected chi connectivity index (χ0v) is 22.8. The van der Waals surface area contributed by atoms with Gasteiger partial charge in [0.15, 0.2) is 6.10 Å². The molecule has 11 heteroatoms. The van der Waals surface area contributed by atoms with Crippen molar-refractivity contribution in [2.75, 3.05) is 33.0 Å². The van der Waals surface area contributed by atoms with Crippen LogP contribution in [-0.2, 0) is 11.3 Å². The van der Waals surface area contributed by atoms with Crippen LogP contribution < -0.4 is 20.7 Å². The molecule has 2 fully saturated rings. The number of ether oxygens (including phenoxy) is 2. The molecule has 3 aromatic rings. The van der Waals surface area contributed by atoms with Crippen LogP contribution in [0.2, 0.25) is 5.02 Å². The van der Waals surface area contributed by atoms with Crippen molar-refractivity contribution in [2.24, 2.45) is 5.92 Å². The average Bonchev–Trinajstić information content (AvgIpc) is 2.94. The van der Waals surface area contributed by atoms with Crippen LogP contribution >= 0.6 is 11.6 Å². The van der Waals surface area contributed by atoms with E-state index in [1.807, 2.05) is 0 Å². The maximum Gasteiger partial charge on any atom is 0.332 e. The number of alkyl halides is 2. The van der Waals surface area contributed by atoms with Crippen LogP contribution in [0.5, 0.6) is 11.5 Å². The number of hydrogen-bond acceptors (Lipinski definition) is 5. The van der Waals surface area contributed by atoms with E-state index in [2.05, 4.69) is 0 Å². The smallest absolute Gasteiger partial charge is 0.332 e. The van der Waals surface area contributed by atoms with Gasteiger partial charge in [0.2, 0.25) is 6.41 Å². The Morgan fingerprint density at radius 1 is 1.02 bits per heavy atom. The molecule has 1 aliphatic carbocycles. The van der Waals surface area contributed by atoms with E-state index in [0.29, 0.717) is 60.3 Å². The summed E-state index contributed by atoms with van der Waals surface area (Å²) in [6.45, 7) is -0.507. The highest BCUT2D eigenvalue weighted by atomic mass is 35.5. The molecule has 5 rings (SSSR count). The van der Waals surface area contributed by atoms with Crippen LogP contribution in [0.15, 0.2) is 46.0 Å². The first-order valence-electron chi connectivity index (χ1n) is 13.6. The lowest BCUT2D eigenvalue weighted by atomic mass is 9.86. The Kier molecular flexibility index (Phi) is 8.73. The molecule has 0 bridgehead atoms. The second-order valence-corrected chi connectivity index (χ2v) is 10.9. The number of piperidine rings is 1. The van der Waals surface area contributed by atoms with Crippen molar-refractivity contribution in [2.45, 2.75) is 50.8 Å². The topological polar surface area (TPSA) is 82.8 Å². The molecule has 40 heavy (non-hydrogen) atoms. The molecule has 2 aromatic carbocycles. The summed E-state index contributed by atoms with van der Waals surface area (Å²) >= 11 is 6.49. The predicted octanol–water partition coefficient (Wildman–Crippen LogP) is 4.52. The number of benzene rings is 2. The minimum Gasteiger partial charge on any atom is -0.492 e. The first kappa shape index (κ1) is 28.1. The molecule has 1 saturated carbocycles. The molecule has 1 saturated heterocycles. The summed E-state index contributed by atoms with van der Waals surface area (Å²) in [5.74, 6) is 1.23. The fourth-order valence-electron chi connectivity index (χ4n) is 5.28. The minimum absolute atomic E-state index is 0.0356. The number of nitrogens with zero attached hydrogens (tertiary/aromatic N) is 3. The van der Waals surface area contributed by atoms with Gasteiger partial charge in [-0.2, -0.15) is 0 Å². The van der Waals surface area contributed by atoms with Crippen LogP contribution in [0, 0.1) is 5.92 Å². The number of likely N-dealkylation sites (tertiary alicyclic amines) is 1. The number of aromatic nitrogens is 2. The number of amides is 1. The monoisotopic (exact) mass is 575 g/mol. The van der Waals surface area contributed by atoms with Gasteiger partial charge in [0.05, 0.1) is 29.1 Å². The fraction of sp³-hybridized carbons (Fsp3) is 0.483. The van der Waals surface area contributed by atoms with Crippen molar-refractivity contribution in [1.82, 2.24) is 14.0 Å². The first-order valence-corrected chi connectivity index (χ1v) is 14.0. The second-order valence-electron chi connectivity index (χ2n) is 10.5. The van der Waals surface area contributed by atoms with E-state index >= 15 is 0 Å². The molecule has 0 N–H and O–H groups in total. The molecular formula is C29H32ClF2N3O5. The first-order chi connectivity index (χ1) is 19.4. The Balaban J connectivity index is 1.52. The van der Waals surface area contributed by atoms with Crippen molar-refractivity contribution in [3.05, 3.63) is 67.8 Å². The molecule has 8 nitrogen and oxygen atoms in total. The summed E-state index contributed by atoms with van der Waals surface area (Å²) in [6.07, 6.45) is 4.09. The quantitative estimate of drug-likeness (QED) is 0.314. The van der Waals surface area contributed by atoms with Gasteiger partial charge >= 0.3 is 5.69 Å². The van der Waals surface area contributed by atoms with Crippen LogP contribution in [0.3, 0.4) is 0 Å². The van der Waals surface area contributed by atoms with Gasteiger partial charge in [-0.25, -0.2) is 13.6 Å². The maximum absolute atomic E-state index is 13.8. The lowest BCUT2D eigenvalue weighted by molar-refractivity contribution is -0.119. The van der Waals surface area contributed by atoms with Gasteiger partial charge in [0.25, 0.3) is 5.56 Å². The number of rotatable bonds is 11. The minimum atomic E-state index is -1.29. The van der Waals surface area contributed by atoms with Gasteiger partial charge in [-0.1, -0.05) is 24.1 Å². The number of carbonyl (C=O) groups excluding carboxylic acids is 1. The second kappa shape index (κ2) is 12.4. The van der Waals surface area contributed by atoms with E-state index in [-0.39, 0.29) is 23.7 Å². The third kappa shape index (κ3) is 5.87. The Hall–Kier alpha value is -3.40. The lowest BCUT2D eigenvalue weighted by Gasteiger charge is -2.31. The Bertz CT molecular complexity index is 1480. The summed E-state index contributed by atoms with van der Waals surface area (Å²) in [5.41, 5.74) is 0.00947. The number of fused-ring (bicyclic) bond motifs is 1. The summed E-state index contributed by atoms with van der Waals surface area (Å²) in [7, 11) is 0. The molecule has 0 unspecified atom stereocenters. The van der Waals surface area contributed by atoms with E-state index in [4.69, 9.17) is 21.1 Å². The van der Waals surface area contributed by atoms with Gasteiger partial charge in [-0.3, -0.25) is 18.7 Å². The number of hydrogen-bond donors (Lipinski definition) is 0. The van der Waals surface area contributed by atoms with Crippen molar-refractivity contribution in [3.63, 3.8) is 0 Å². The highest BCUT2D eigenvalue weighted by Gasteiger charge is 2.25. The SMILES string of the molecule is O=CN1CCC(n2c(=O)n(Cc3ccc(OCC4CCC4)c(Cl)c3)c(=O)c3cc(OC(CF)CF)ccc32)CC1. The maximum atomic E-state index is 13.8. The third-order valence-electron chi connectivity index (χ3n) is 7.84. The van der Waals surface area contributed by atoms with Crippen molar-refractivity contribution >= 4 is 28.9 Å². The van der Waals surface area contributed by atoms with Crippen LogP contribution in [0.25, 0.3) is 10.9 Å². The molecule has 0 radical (unpaired) electrons. The zero-order valence-electron chi connectivity index (χ0n) is 22.1. The molecule has 2 aliphatic rings. The molecule has 0 spiro atoms. The summed E-state index contributed by atoms with van der Waals surface area (Å²) in [5, 5.41) is 0.587. The normalized spacial score (nSPS) is 16.4. The van der Waals surface area contributed by atoms with Gasteiger partial charge in [-0.15, -0.1) is 0 Å². The zero-order chi connectivity index (χ0) is 28.2. The van der Waals surface area contributed by atoms with Crippen LogP contribution in [0.4, 0.5) is 8.78 Å². The number of carbonyl (C=O) groups is 1. The van der Waals surface area contributed by atoms with E-state index in [0.717, 1.165) is 23.8 Å². The van der Waals surface area contributed by atoms with Gasteiger partial charge in [0, 0.05) is 19.1 Å². The van der Waals surface area contributed by atoms with E-state index in [1.165, 1.54) is 18.6 Å². The molecular weight excluding hydrogens is 544 g/mol. The van der Waals surface area contributed by atoms with Gasteiger partial charge < -0.3 is 14.4 Å². The predicted molar refractivity (Wildman–Crippen MR) is 148 cm³/mol. The summed E-state index contributed by atoms with van der Waals surface area (Å²) < 4.78 is 40.2. The lowest BCUT2D eigenvalue weighted by Crippen LogP contribution is -2.44. The highest BCUT2D eigenvalue weighted by molar-refractivity contribution is 6.32. The molecule has 0 atom stereocenters. The summed E-state index contributed by atoms with van der Waals surface area (Å²) in [4.78, 5) is 40.4. The molecule has 1 aromatic heterocycles. The van der Waals surface area contributed by atoms with Crippen LogP contribution in [0.1, 0.15) is 43.7 Å². The van der Waals surface area contributed by atoms with Crippen LogP contribution in [-0.4, -0.2) is 59.6 Å². The highest BCUT2D eigenvalue weighted by Crippen LogP contribution is 2.31. The van der Waals surface area contributed by atoms with E-state index < -0.39 is 30.7 Å². The number of halogens is 3. The Morgan fingerprint density at radius 3 is 2.40 bits per heavy atom. The molecule has 1 aliphatic heterocycles. The van der Waals surface area contributed by atoms with E-state index in [9.17, 15) is 23.2 Å². The molecule has 2 heterocycles.